The number of carbonyl (C=O) groups excluding carboxylic acids is 1. The molecule has 110 valence electrons. The van der Waals surface area contributed by atoms with Gasteiger partial charge in [-0.1, -0.05) is 30.8 Å². The van der Waals surface area contributed by atoms with E-state index in [0.717, 1.165) is 33.6 Å². The number of para-hydroxylation sites is 2. The first-order valence-electron chi connectivity index (χ1n) is 6.99. The topological polar surface area (TPSA) is 48.4 Å². The molecule has 0 bridgehead atoms. The van der Waals surface area contributed by atoms with E-state index in [9.17, 15) is 4.79 Å². The molecular formula is C18H15NO3. The minimum Gasteiger partial charge on any atom is -0.489 e. The Kier molecular flexibility index (Phi) is 4.01. The largest absolute Gasteiger partial charge is 0.489 e. The molecule has 0 N–H and O–H groups in total. The van der Waals surface area contributed by atoms with Crippen molar-refractivity contribution in [3.63, 3.8) is 0 Å². The van der Waals surface area contributed by atoms with Gasteiger partial charge in [0.25, 0.3) is 0 Å². The van der Waals surface area contributed by atoms with Gasteiger partial charge in [-0.3, -0.25) is 0 Å². The fourth-order valence-electron chi connectivity index (χ4n) is 2.30. The van der Waals surface area contributed by atoms with Crippen LogP contribution >= 0.6 is 0 Å². The maximum Gasteiger partial charge on any atom is 0.330 e. The van der Waals surface area contributed by atoms with Gasteiger partial charge in [0.15, 0.2) is 0 Å². The zero-order valence-electron chi connectivity index (χ0n) is 12.0. The van der Waals surface area contributed by atoms with Crippen LogP contribution in [0.25, 0.3) is 21.8 Å². The summed E-state index contributed by atoms with van der Waals surface area (Å²) in [5, 5.41) is 1.88. The van der Waals surface area contributed by atoms with Gasteiger partial charge in [0.1, 0.15) is 19.0 Å². The Hall–Kier alpha value is -2.88. The molecule has 0 aliphatic carbocycles. The Bertz CT molecular complexity index is 788. The molecule has 3 rings (SSSR count). The van der Waals surface area contributed by atoms with Gasteiger partial charge in [-0.25, -0.2) is 9.78 Å². The Morgan fingerprint density at radius 3 is 2.18 bits per heavy atom. The predicted octanol–water partition coefficient (Wildman–Crippen LogP) is 3.50. The molecule has 0 atom stereocenters. The summed E-state index contributed by atoms with van der Waals surface area (Å²) in [5.74, 6) is 0.309. The van der Waals surface area contributed by atoms with Gasteiger partial charge in [0.05, 0.1) is 11.0 Å². The second-order valence-electron chi connectivity index (χ2n) is 4.70. The number of carbonyl (C=O) groups is 1. The SMILES string of the molecule is C=CC(=O)OCCOc1c2ccccc2nc2ccccc12. The van der Waals surface area contributed by atoms with E-state index in [0.29, 0.717) is 0 Å². The van der Waals surface area contributed by atoms with E-state index in [1.807, 2.05) is 48.5 Å². The number of benzene rings is 2. The van der Waals surface area contributed by atoms with E-state index < -0.39 is 5.97 Å². The Morgan fingerprint density at radius 1 is 1.00 bits per heavy atom. The van der Waals surface area contributed by atoms with Gasteiger partial charge in [-0.05, 0) is 24.3 Å². The number of pyridine rings is 1. The maximum atomic E-state index is 11.0. The normalized spacial score (nSPS) is 10.5. The highest BCUT2D eigenvalue weighted by Crippen LogP contribution is 2.32. The summed E-state index contributed by atoms with van der Waals surface area (Å²) < 4.78 is 10.8. The first-order valence-corrected chi connectivity index (χ1v) is 6.99. The molecule has 0 radical (unpaired) electrons. The van der Waals surface area contributed by atoms with Crippen LogP contribution in [0.5, 0.6) is 5.75 Å². The monoisotopic (exact) mass is 293 g/mol. The lowest BCUT2D eigenvalue weighted by molar-refractivity contribution is -0.138. The van der Waals surface area contributed by atoms with E-state index in [1.165, 1.54) is 0 Å². The minimum absolute atomic E-state index is 0.176. The molecule has 4 nitrogen and oxygen atoms in total. The van der Waals surface area contributed by atoms with Crippen molar-refractivity contribution >= 4 is 27.8 Å². The molecule has 0 saturated carbocycles. The van der Waals surface area contributed by atoms with Crippen molar-refractivity contribution in [1.29, 1.82) is 0 Å². The predicted molar refractivity (Wildman–Crippen MR) is 85.9 cm³/mol. The first-order chi connectivity index (χ1) is 10.8. The third kappa shape index (κ3) is 2.76. The zero-order chi connectivity index (χ0) is 15.4. The van der Waals surface area contributed by atoms with Crippen LogP contribution in [0.15, 0.2) is 61.2 Å². The number of esters is 1. The third-order valence-electron chi connectivity index (χ3n) is 3.28. The van der Waals surface area contributed by atoms with E-state index in [1.54, 1.807) is 0 Å². The van der Waals surface area contributed by atoms with Crippen LogP contribution in [0, 0.1) is 0 Å². The number of nitrogens with zero attached hydrogens (tertiary/aromatic N) is 1. The van der Waals surface area contributed by atoms with Gasteiger partial charge in [-0.15, -0.1) is 0 Å². The van der Waals surface area contributed by atoms with Crippen molar-refractivity contribution in [2.75, 3.05) is 13.2 Å². The van der Waals surface area contributed by atoms with Crippen LogP contribution in [0.3, 0.4) is 0 Å². The maximum absolute atomic E-state index is 11.0. The van der Waals surface area contributed by atoms with Gasteiger partial charge in [0, 0.05) is 16.8 Å². The van der Waals surface area contributed by atoms with E-state index in [-0.39, 0.29) is 13.2 Å². The summed E-state index contributed by atoms with van der Waals surface area (Å²) in [7, 11) is 0. The van der Waals surface area contributed by atoms with Crippen LogP contribution in [0.2, 0.25) is 0 Å². The van der Waals surface area contributed by atoms with Crippen molar-refractivity contribution < 1.29 is 14.3 Å². The molecule has 0 aliphatic heterocycles. The second kappa shape index (κ2) is 6.26. The lowest BCUT2D eigenvalue weighted by atomic mass is 10.1. The van der Waals surface area contributed by atoms with Crippen LogP contribution in [0.1, 0.15) is 0 Å². The van der Waals surface area contributed by atoms with Crippen molar-refractivity contribution in [1.82, 2.24) is 4.98 Å². The fraction of sp³-hybridized carbons (Fsp3) is 0.111. The van der Waals surface area contributed by atoms with Crippen molar-refractivity contribution in [2.24, 2.45) is 0 Å². The molecule has 0 fully saturated rings. The molecule has 1 aromatic heterocycles. The Balaban J connectivity index is 1.94. The summed E-state index contributed by atoms with van der Waals surface area (Å²) in [6.45, 7) is 3.81. The van der Waals surface area contributed by atoms with E-state index in [2.05, 4.69) is 11.6 Å². The number of ether oxygens (including phenoxy) is 2. The van der Waals surface area contributed by atoms with E-state index in [4.69, 9.17) is 9.47 Å². The third-order valence-corrected chi connectivity index (χ3v) is 3.28. The Labute approximate surface area is 128 Å². The average molecular weight is 293 g/mol. The van der Waals surface area contributed by atoms with Crippen molar-refractivity contribution in [2.45, 2.75) is 0 Å². The second-order valence-corrected chi connectivity index (χ2v) is 4.70. The van der Waals surface area contributed by atoms with E-state index >= 15 is 0 Å². The molecule has 4 heteroatoms. The summed E-state index contributed by atoms with van der Waals surface area (Å²) in [4.78, 5) is 15.7. The standard InChI is InChI=1S/C18H15NO3/c1-2-17(20)21-11-12-22-18-13-7-3-5-9-15(13)19-16-10-6-4-8-14(16)18/h2-10H,1,11-12H2. The molecule has 1 heterocycles. The molecule has 0 unspecified atom stereocenters. The smallest absolute Gasteiger partial charge is 0.330 e. The van der Waals surface area contributed by atoms with Crippen molar-refractivity contribution in [3.05, 3.63) is 61.2 Å². The molecular weight excluding hydrogens is 278 g/mol. The molecule has 22 heavy (non-hydrogen) atoms. The van der Waals surface area contributed by atoms with Crippen LogP contribution in [0.4, 0.5) is 0 Å². The molecule has 0 aliphatic rings. The summed E-state index contributed by atoms with van der Waals surface area (Å²) in [6.07, 6.45) is 1.14. The summed E-state index contributed by atoms with van der Waals surface area (Å²) >= 11 is 0. The highest BCUT2D eigenvalue weighted by atomic mass is 16.6. The van der Waals surface area contributed by atoms with Crippen LogP contribution < -0.4 is 4.74 Å². The van der Waals surface area contributed by atoms with Gasteiger partial charge in [-0.2, -0.15) is 0 Å². The first kappa shape index (κ1) is 14.1. The number of aromatic nitrogens is 1. The summed E-state index contributed by atoms with van der Waals surface area (Å²) in [5.41, 5.74) is 1.75. The quantitative estimate of drug-likeness (QED) is 0.313. The number of fused-ring (bicyclic) bond motifs is 2. The van der Waals surface area contributed by atoms with Gasteiger partial charge < -0.3 is 9.47 Å². The van der Waals surface area contributed by atoms with Crippen molar-refractivity contribution in [3.8, 4) is 5.75 Å². The fourth-order valence-corrected chi connectivity index (χ4v) is 2.30. The zero-order valence-corrected chi connectivity index (χ0v) is 12.0. The molecule has 2 aromatic carbocycles. The number of hydrogen-bond donors (Lipinski definition) is 0. The summed E-state index contributed by atoms with van der Waals surface area (Å²) in [6, 6.07) is 15.6. The lowest BCUT2D eigenvalue weighted by Crippen LogP contribution is -2.10. The molecule has 3 aromatic rings. The minimum atomic E-state index is -0.451. The molecule has 0 amide bonds. The Morgan fingerprint density at radius 2 is 1.59 bits per heavy atom. The number of rotatable bonds is 5. The highest BCUT2D eigenvalue weighted by Gasteiger charge is 2.09. The van der Waals surface area contributed by atoms with Gasteiger partial charge in [0.2, 0.25) is 0 Å². The molecule has 0 spiro atoms. The highest BCUT2D eigenvalue weighted by molar-refractivity contribution is 6.00. The van der Waals surface area contributed by atoms with Gasteiger partial charge >= 0.3 is 5.97 Å². The molecule has 0 saturated heterocycles. The average Bonchev–Trinajstić information content (AvgIpc) is 2.57. The van der Waals surface area contributed by atoms with Crippen LogP contribution in [-0.2, 0) is 9.53 Å². The van der Waals surface area contributed by atoms with Crippen LogP contribution in [-0.4, -0.2) is 24.2 Å². The number of hydrogen-bond acceptors (Lipinski definition) is 4. The lowest BCUT2D eigenvalue weighted by Gasteiger charge is -2.12.